The van der Waals surface area contributed by atoms with E-state index in [9.17, 15) is 114 Å². The van der Waals surface area contributed by atoms with Gasteiger partial charge in [0.1, 0.15) is 90.3 Å². The predicted octanol–water partition coefficient (Wildman–Crippen LogP) is -1.70. The Morgan fingerprint density at radius 2 is 0.514 bits per heavy atom. The van der Waals surface area contributed by atoms with E-state index in [1.807, 2.05) is 0 Å². The fourth-order valence-electron chi connectivity index (χ4n) is 22.4. The van der Waals surface area contributed by atoms with Gasteiger partial charge in [0.25, 0.3) is 0 Å². The van der Waals surface area contributed by atoms with Gasteiger partial charge in [-0.3, -0.25) is 47.9 Å². The van der Waals surface area contributed by atoms with Gasteiger partial charge in [0.2, 0.25) is 0 Å². The largest absolute Gasteiger partial charge is 0.469 e. The topological polar surface area (TPSA) is 626 Å². The van der Waals surface area contributed by atoms with Crippen LogP contribution in [0.1, 0.15) is 66.2 Å². The molecule has 0 spiro atoms. The second kappa shape index (κ2) is 41.4. The maximum atomic E-state index is 12.2. The van der Waals surface area contributed by atoms with Gasteiger partial charge in [0, 0.05) is 40.5 Å². The van der Waals surface area contributed by atoms with Crippen molar-refractivity contribution < 1.29 is 251 Å². The molecule has 16 bridgehead atoms. The second-order valence-corrected chi connectivity index (χ2v) is 38.1. The number of hydrogen-bond acceptors (Lipinski definition) is 50. The van der Waals surface area contributed by atoms with Crippen molar-refractivity contribution in [2.45, 2.75) is 268 Å². The van der Waals surface area contributed by atoms with Crippen molar-refractivity contribution in [1.82, 2.24) is 0 Å². The number of hydrogen-bond donors (Lipinski definition) is 0. The molecule has 0 aromatic rings. The van der Waals surface area contributed by atoms with Crippen molar-refractivity contribution in [1.29, 1.82) is 0 Å². The first kappa shape index (κ1) is 106. The highest BCUT2D eigenvalue weighted by molar-refractivity contribution is 5.94. The molecule has 42 atom stereocenters. The maximum absolute atomic E-state index is 12.2. The molecule has 0 aromatic heterocycles. The van der Waals surface area contributed by atoms with E-state index in [0.29, 0.717) is 49.7 Å². The predicted molar refractivity (Wildman–Crippen MR) is 452 cm³/mol. The third-order valence-corrected chi connectivity index (χ3v) is 29.0. The standard InChI is InChI=1S/C13H11F3O7.2C13H14O7.2C12H12O7.2C11H12O5.C10H10O5/c1-4(13(14,15)16)11(18)20-3-7(17)22-9-6-2-5-8(21-6)10(9)23-12(5)19;1-5(2)12(15)17-4-8(14)19-10-7-3-6-9(18-7)11(10)20-13(6)16;1-4(2)11(14)19-9-7-5(12(15)17-3)6-8(18-7)10(9)20-13(6)16;1-3-4(13)17-9-7-5(11(14)16-2)6-8(18-7)10(9)19-12(6)15;1-2-7(13)16-4-8(14)18-10-6-3-5-9(17-6)11(10)19-12(5)15;2*1-4(2)10(12)15-8-6-3-5-7(14-6)9(8)16-11(5)13;1-2-6(11)14-8-5-3-4-7(13-5)9(8)15-10(4)12/h5-6,8-10H,1-3H2;6-7,9-11H,1,3-4H2,2H3;5-10H,1H2,2-3H3;3,5-10H,1H2,2H3;2,5-6,9-11H,1,3-4H2;2*5-9H,1,3H2,2H3;2,4-5,7-9H,1,3H2. The Kier molecular flexibility index (Phi) is 29.5. The van der Waals surface area contributed by atoms with Crippen LogP contribution in [-0.4, -0.2) is 361 Å². The van der Waals surface area contributed by atoms with Crippen LogP contribution in [0.25, 0.3) is 0 Å². The van der Waals surface area contributed by atoms with Gasteiger partial charge in [-0.1, -0.05) is 52.6 Å². The van der Waals surface area contributed by atoms with Crippen LogP contribution in [0.5, 0.6) is 0 Å². The Bertz CT molecular complexity index is 5580. The van der Waals surface area contributed by atoms with E-state index in [1.54, 1.807) is 13.8 Å². The van der Waals surface area contributed by atoms with Gasteiger partial charge in [-0.25, -0.2) is 52.7 Å². The van der Waals surface area contributed by atoms with Crippen molar-refractivity contribution in [3.05, 3.63) is 98.7 Å². The first-order valence-electron chi connectivity index (χ1n) is 46.6. The number of carbonyl (C=O) groups is 21. The van der Waals surface area contributed by atoms with Crippen LogP contribution >= 0.6 is 0 Å². The van der Waals surface area contributed by atoms with Gasteiger partial charge in [-0.05, 0) is 66.2 Å². The normalized spacial score (nSPS) is 39.9. The average Bonchev–Trinajstić information content (AvgIpc) is 1.55. The molecule has 24 aliphatic rings. The van der Waals surface area contributed by atoms with Gasteiger partial charge >= 0.3 is 132 Å². The molecule has 24 heterocycles. The molecule has 0 saturated carbocycles. The molecule has 0 radical (unpaired) electrons. The molecule has 50 nitrogen and oxygen atoms in total. The quantitative estimate of drug-likeness (QED) is 0.0590. The fraction of sp³-hybridized carbons (Fsp3) is 0.611. The molecule has 0 aromatic carbocycles. The molecule has 42 unspecified atom stereocenters. The average molecular weight is 2100 g/mol. The van der Waals surface area contributed by atoms with E-state index >= 15 is 0 Å². The Hall–Kier alpha value is -13.7. The van der Waals surface area contributed by atoms with Crippen molar-refractivity contribution >= 4 is 125 Å². The summed E-state index contributed by atoms with van der Waals surface area (Å²) in [5, 5.41) is 0. The van der Waals surface area contributed by atoms with Crippen LogP contribution in [0.3, 0.4) is 0 Å². The summed E-state index contributed by atoms with van der Waals surface area (Å²) in [6, 6.07) is 0. The van der Waals surface area contributed by atoms with Crippen molar-refractivity contribution in [2.24, 2.45) is 59.2 Å². The van der Waals surface area contributed by atoms with E-state index in [-0.39, 0.29) is 138 Å². The van der Waals surface area contributed by atoms with Crippen LogP contribution in [-0.2, 0) is 238 Å². The van der Waals surface area contributed by atoms with Crippen LogP contribution in [0, 0.1) is 59.2 Å². The van der Waals surface area contributed by atoms with Gasteiger partial charge < -0.3 is 137 Å². The molecule has 148 heavy (non-hydrogen) atoms. The van der Waals surface area contributed by atoms with E-state index in [4.69, 9.17) is 123 Å². The molecular weight excluding hydrogens is 2000 g/mol. The number of rotatable bonds is 24. The van der Waals surface area contributed by atoms with Crippen LogP contribution in [0.15, 0.2) is 98.7 Å². The number of alkyl halides is 3. The summed E-state index contributed by atoms with van der Waals surface area (Å²) in [6.45, 7) is 30.4. The summed E-state index contributed by atoms with van der Waals surface area (Å²) in [5.41, 5.74) is -0.620. The van der Waals surface area contributed by atoms with Gasteiger partial charge in [0.05, 0.1) is 86.4 Å². The monoisotopic (exact) mass is 2090 g/mol. The Balaban J connectivity index is 0.000000116. The molecule has 24 fully saturated rings. The molecule has 0 amide bonds. The zero-order chi connectivity index (χ0) is 107. The van der Waals surface area contributed by atoms with Crippen molar-refractivity contribution in [2.75, 3.05) is 34.0 Å². The summed E-state index contributed by atoms with van der Waals surface area (Å²) < 4.78 is 186. The van der Waals surface area contributed by atoms with Gasteiger partial charge in [-0.15, -0.1) is 0 Å². The number of esters is 21. The number of halogens is 3. The van der Waals surface area contributed by atoms with E-state index in [1.165, 1.54) is 28.1 Å². The van der Waals surface area contributed by atoms with Crippen molar-refractivity contribution in [3.63, 3.8) is 0 Å². The molecule has 24 aliphatic heterocycles. The molecule has 798 valence electrons. The lowest BCUT2D eigenvalue weighted by atomic mass is 9.78. The van der Waals surface area contributed by atoms with E-state index < -0.39 is 285 Å². The zero-order valence-electron chi connectivity index (χ0n) is 79.0. The molecular formula is C95H97F3O50. The molecule has 0 aliphatic carbocycles. The van der Waals surface area contributed by atoms with E-state index in [0.717, 1.165) is 18.2 Å². The summed E-state index contributed by atoms with van der Waals surface area (Å²) in [6.07, 6.45) is -14.1. The Morgan fingerprint density at radius 1 is 0.284 bits per heavy atom. The molecule has 24 saturated heterocycles. The number of carbonyl (C=O) groups excluding carboxylic acids is 21. The third kappa shape index (κ3) is 19.6. The summed E-state index contributed by atoms with van der Waals surface area (Å²) >= 11 is 0. The Morgan fingerprint density at radius 3 is 0.777 bits per heavy atom. The van der Waals surface area contributed by atoms with Crippen LogP contribution in [0.4, 0.5) is 13.2 Å². The molecule has 24 rings (SSSR count). The number of ether oxygens (including phenoxy) is 29. The lowest BCUT2D eigenvalue weighted by molar-refractivity contribution is -0.170. The minimum Gasteiger partial charge on any atom is -0.469 e. The fourth-order valence-corrected chi connectivity index (χ4v) is 22.4. The minimum absolute atomic E-state index is 0.154. The number of methoxy groups -OCH3 is 2. The Labute approximate surface area is 833 Å². The minimum atomic E-state index is -4.94. The highest BCUT2D eigenvalue weighted by atomic mass is 19.4. The summed E-state index contributed by atoms with van der Waals surface area (Å²) in [7, 11) is 2.47. The zero-order valence-corrected chi connectivity index (χ0v) is 79.0. The van der Waals surface area contributed by atoms with Gasteiger partial charge in [-0.2, -0.15) is 13.2 Å². The van der Waals surface area contributed by atoms with E-state index in [2.05, 4.69) is 66.8 Å². The molecule has 0 N–H and O–H groups in total. The maximum Gasteiger partial charge on any atom is 0.422 e. The lowest BCUT2D eigenvalue weighted by Gasteiger charge is -2.26. The third-order valence-electron chi connectivity index (χ3n) is 29.0. The number of fused-ring (bicyclic) bond motifs is 8. The SMILES string of the molecule is C=C(C(=O)OCC(=O)OC1C2CC3C(=O)OC1C3O2)C(F)(F)F.C=C(C)C(=O)OC1C2CC3C(=O)OC1C3O2.C=C(C)C(=O)OC1C2CC3C(=O)OC1C3O2.C=C(C)C(=O)OC1C2OC(=O)C3C2OC1C3C(=O)OC.C=C(C)C(=O)OCC(=O)OC1C2CC3C(=O)OC1C3O2.C=CC(=O)OC1C2CC3C(=O)OC1C3O2.C=CC(=O)OC1C2OC(=O)C3C2OC1C3C(=O)OC.C=CC(=O)OCC(=O)OC1C2CC3C(=O)OC1C3O2. The summed E-state index contributed by atoms with van der Waals surface area (Å²) in [5.74, 6) is -16.3. The van der Waals surface area contributed by atoms with Crippen molar-refractivity contribution in [3.8, 4) is 0 Å². The summed E-state index contributed by atoms with van der Waals surface area (Å²) in [4.78, 5) is 240. The van der Waals surface area contributed by atoms with Crippen LogP contribution < -0.4 is 0 Å². The molecule has 53 heteroatoms. The smallest absolute Gasteiger partial charge is 0.422 e. The highest BCUT2D eigenvalue weighted by Crippen LogP contribution is 2.57. The second-order valence-electron chi connectivity index (χ2n) is 38.1. The van der Waals surface area contributed by atoms with Crippen LogP contribution in [0.2, 0.25) is 0 Å². The van der Waals surface area contributed by atoms with Gasteiger partial charge in [0.15, 0.2) is 117 Å². The first-order valence-corrected chi connectivity index (χ1v) is 46.6. The highest BCUT2D eigenvalue weighted by Gasteiger charge is 2.76. The lowest BCUT2D eigenvalue weighted by Crippen LogP contribution is -2.47. The first-order chi connectivity index (χ1) is 70.1.